The van der Waals surface area contributed by atoms with E-state index in [1.54, 1.807) is 38.1 Å². The lowest BCUT2D eigenvalue weighted by atomic mass is 10.0. The second-order valence-electron chi connectivity index (χ2n) is 8.16. The van der Waals surface area contributed by atoms with E-state index in [0.29, 0.717) is 23.6 Å². The molecule has 2 aromatic rings. The zero-order valence-corrected chi connectivity index (χ0v) is 20.5. The molecule has 2 aromatic carbocycles. The molecule has 1 fully saturated rings. The number of carbonyl (C=O) groups excluding carboxylic acids is 1. The number of hydrogen-bond acceptors (Lipinski definition) is 6. The van der Waals surface area contributed by atoms with Crippen LogP contribution in [0.2, 0.25) is 5.02 Å². The summed E-state index contributed by atoms with van der Waals surface area (Å²) in [6.07, 6.45) is 0.816. The molecule has 9 nitrogen and oxygen atoms in total. The van der Waals surface area contributed by atoms with Gasteiger partial charge in [-0.15, -0.1) is 0 Å². The summed E-state index contributed by atoms with van der Waals surface area (Å²) in [5, 5.41) is 3.48. The maximum Gasteiger partial charge on any atom is 0.294 e. The molecule has 180 valence electrons. The van der Waals surface area contributed by atoms with Gasteiger partial charge in [-0.1, -0.05) is 11.6 Å². The molecule has 0 aliphatic carbocycles. The molecular formula is C21H25ClN2O7S2. The number of carbonyl (C=O) groups is 1. The summed E-state index contributed by atoms with van der Waals surface area (Å²) in [6, 6.07) is 10.8. The molecule has 33 heavy (non-hydrogen) atoms. The number of nitrogens with one attached hydrogen (secondary N) is 1. The van der Waals surface area contributed by atoms with Gasteiger partial charge in [0, 0.05) is 24.2 Å². The van der Waals surface area contributed by atoms with E-state index in [2.05, 4.69) is 5.32 Å². The summed E-state index contributed by atoms with van der Waals surface area (Å²) in [5.41, 5.74) is -1.15. The number of amides is 1. The molecule has 0 unspecified atom stereocenters. The summed E-state index contributed by atoms with van der Waals surface area (Å²) in [6.45, 7) is 3.66. The Morgan fingerprint density at radius 1 is 1.00 bits per heavy atom. The molecule has 0 atom stereocenters. The Labute approximate surface area is 198 Å². The van der Waals surface area contributed by atoms with Crippen molar-refractivity contribution in [3.63, 3.8) is 0 Å². The molecule has 1 saturated heterocycles. The third-order valence-electron chi connectivity index (χ3n) is 5.28. The summed E-state index contributed by atoms with van der Waals surface area (Å²) >= 11 is 5.87. The quantitative estimate of drug-likeness (QED) is 0.541. The molecular weight excluding hydrogens is 492 g/mol. The van der Waals surface area contributed by atoms with E-state index in [9.17, 15) is 21.6 Å². The van der Waals surface area contributed by atoms with Gasteiger partial charge < -0.3 is 10.1 Å². The Morgan fingerprint density at radius 2 is 1.52 bits per heavy atom. The zero-order valence-electron chi connectivity index (χ0n) is 18.1. The molecule has 0 bridgehead atoms. The molecule has 2 N–H and O–H groups in total. The topological polar surface area (TPSA) is 130 Å². The normalized spacial score (nSPS) is 16.4. The van der Waals surface area contributed by atoms with Crippen molar-refractivity contribution >= 4 is 37.6 Å². The molecule has 1 aliphatic heterocycles. The summed E-state index contributed by atoms with van der Waals surface area (Å²) in [4.78, 5) is 12.3. The largest absolute Gasteiger partial charge is 0.478 e. The second-order valence-corrected chi connectivity index (χ2v) is 12.0. The number of nitrogens with zero attached hydrogens (tertiary/aromatic N) is 1. The molecule has 1 aliphatic rings. The smallest absolute Gasteiger partial charge is 0.294 e. The fraction of sp³-hybridized carbons (Fsp3) is 0.381. The first-order valence-electron chi connectivity index (χ1n) is 10.1. The maximum absolute atomic E-state index is 12.9. The number of hydrogen-bond donors (Lipinski definition) is 2. The number of ether oxygens (including phenoxy) is 1. The Morgan fingerprint density at radius 3 is 2.03 bits per heavy atom. The first-order chi connectivity index (χ1) is 15.3. The number of rotatable bonds is 7. The van der Waals surface area contributed by atoms with Crippen LogP contribution in [0.15, 0.2) is 58.3 Å². The van der Waals surface area contributed by atoms with Crippen LogP contribution in [0.3, 0.4) is 0 Å². The van der Waals surface area contributed by atoms with Gasteiger partial charge in [0.05, 0.1) is 9.79 Å². The average Bonchev–Trinajstić information content (AvgIpc) is 2.75. The minimum absolute atomic E-state index is 0.0742. The SMILES string of the molecule is CC(C)(Oc1ccc(Cl)cc1)C(=O)NC1CCN(S(=O)(=O)c2ccc(S(=O)(=O)O)cc2)CC1. The summed E-state index contributed by atoms with van der Waals surface area (Å²) in [7, 11) is -8.25. The second kappa shape index (κ2) is 9.59. The molecule has 0 radical (unpaired) electrons. The van der Waals surface area contributed by atoms with Crippen molar-refractivity contribution in [1.29, 1.82) is 0 Å². The zero-order chi connectivity index (χ0) is 24.4. The lowest BCUT2D eigenvalue weighted by molar-refractivity contribution is -0.135. The van der Waals surface area contributed by atoms with Gasteiger partial charge in [0.2, 0.25) is 10.0 Å². The average molecular weight is 517 g/mol. The highest BCUT2D eigenvalue weighted by Crippen LogP contribution is 2.24. The van der Waals surface area contributed by atoms with E-state index in [4.69, 9.17) is 20.9 Å². The highest BCUT2D eigenvalue weighted by molar-refractivity contribution is 7.89. The molecule has 1 amide bonds. The van der Waals surface area contributed by atoms with Gasteiger partial charge in [0.1, 0.15) is 5.75 Å². The molecule has 1 heterocycles. The van der Waals surface area contributed by atoms with Crippen LogP contribution in [-0.4, -0.2) is 56.3 Å². The molecule has 0 saturated carbocycles. The Kier molecular flexibility index (Phi) is 7.39. The highest BCUT2D eigenvalue weighted by Gasteiger charge is 2.34. The third kappa shape index (κ3) is 6.24. The van der Waals surface area contributed by atoms with Crippen LogP contribution < -0.4 is 10.1 Å². The Hall–Kier alpha value is -2.18. The van der Waals surface area contributed by atoms with Crippen molar-refractivity contribution in [2.24, 2.45) is 0 Å². The molecule has 0 aromatic heterocycles. The van der Waals surface area contributed by atoms with Crippen LogP contribution in [0.4, 0.5) is 0 Å². The van der Waals surface area contributed by atoms with E-state index in [-0.39, 0.29) is 34.8 Å². The summed E-state index contributed by atoms with van der Waals surface area (Å²) < 4.78 is 64.1. The lowest BCUT2D eigenvalue weighted by Crippen LogP contribution is -2.53. The van der Waals surface area contributed by atoms with Gasteiger partial charge in [-0.25, -0.2) is 8.42 Å². The maximum atomic E-state index is 12.9. The highest BCUT2D eigenvalue weighted by atomic mass is 35.5. The van der Waals surface area contributed by atoms with Crippen LogP contribution in [-0.2, 0) is 24.9 Å². The van der Waals surface area contributed by atoms with E-state index < -0.39 is 25.7 Å². The number of piperidine rings is 1. The van der Waals surface area contributed by atoms with Crippen molar-refractivity contribution < 1.29 is 30.9 Å². The minimum atomic E-state index is -4.41. The van der Waals surface area contributed by atoms with Crippen LogP contribution in [0.1, 0.15) is 26.7 Å². The van der Waals surface area contributed by atoms with Crippen molar-refractivity contribution in [1.82, 2.24) is 9.62 Å². The minimum Gasteiger partial charge on any atom is -0.478 e. The first kappa shape index (κ1) is 25.4. The fourth-order valence-electron chi connectivity index (χ4n) is 3.38. The van der Waals surface area contributed by atoms with Gasteiger partial charge in [0.15, 0.2) is 5.60 Å². The molecule has 12 heteroatoms. The van der Waals surface area contributed by atoms with Gasteiger partial charge in [-0.2, -0.15) is 12.7 Å². The number of benzene rings is 2. The van der Waals surface area contributed by atoms with Gasteiger partial charge in [-0.3, -0.25) is 9.35 Å². The first-order valence-corrected chi connectivity index (χ1v) is 13.4. The van der Waals surface area contributed by atoms with Gasteiger partial charge >= 0.3 is 0 Å². The Bertz CT molecular complexity index is 1200. The predicted molar refractivity (Wildman–Crippen MR) is 122 cm³/mol. The monoisotopic (exact) mass is 516 g/mol. The molecule has 0 spiro atoms. The summed E-state index contributed by atoms with van der Waals surface area (Å²) in [5.74, 6) is 0.181. The third-order valence-corrected chi connectivity index (χ3v) is 8.31. The predicted octanol–water partition coefficient (Wildman–Crippen LogP) is 2.71. The number of halogens is 1. The van der Waals surface area contributed by atoms with Crippen LogP contribution >= 0.6 is 11.6 Å². The van der Waals surface area contributed by atoms with Gasteiger partial charge in [-0.05, 0) is 75.2 Å². The fourth-order valence-corrected chi connectivity index (χ4v) is 5.45. The van der Waals surface area contributed by atoms with E-state index in [1.807, 2.05) is 0 Å². The van der Waals surface area contributed by atoms with E-state index in [1.165, 1.54) is 4.31 Å². The van der Waals surface area contributed by atoms with Crippen LogP contribution in [0.25, 0.3) is 0 Å². The van der Waals surface area contributed by atoms with Crippen LogP contribution in [0.5, 0.6) is 5.75 Å². The Balaban J connectivity index is 1.58. The van der Waals surface area contributed by atoms with Crippen molar-refractivity contribution in [2.75, 3.05) is 13.1 Å². The standard InChI is InChI=1S/C21H25ClN2O7S2/c1-21(2,31-17-5-3-15(22)4-6-17)20(25)23-16-11-13-24(14-12-16)32(26,27)18-7-9-19(10-8-18)33(28,29)30/h3-10,16H,11-14H2,1-2H3,(H,23,25)(H,28,29,30). The van der Waals surface area contributed by atoms with E-state index >= 15 is 0 Å². The van der Waals surface area contributed by atoms with Crippen molar-refractivity contribution in [3.05, 3.63) is 53.6 Å². The molecule has 3 rings (SSSR count). The van der Waals surface area contributed by atoms with E-state index in [0.717, 1.165) is 24.3 Å². The van der Waals surface area contributed by atoms with Gasteiger partial charge in [0.25, 0.3) is 16.0 Å². The number of sulfonamides is 1. The van der Waals surface area contributed by atoms with Crippen LogP contribution in [0, 0.1) is 0 Å². The van der Waals surface area contributed by atoms with Crippen molar-refractivity contribution in [2.45, 2.75) is 48.1 Å². The lowest BCUT2D eigenvalue weighted by Gasteiger charge is -2.34. The van der Waals surface area contributed by atoms with Crippen molar-refractivity contribution in [3.8, 4) is 5.75 Å².